The van der Waals surface area contributed by atoms with Gasteiger partial charge < -0.3 is 14.8 Å². The Morgan fingerprint density at radius 3 is 2.67 bits per heavy atom. The van der Waals surface area contributed by atoms with Gasteiger partial charge in [0.25, 0.3) is 5.91 Å². The molecular formula is C20H29N3O. The average Bonchev–Trinajstić information content (AvgIpc) is 2.88. The maximum atomic E-state index is 12.9. The van der Waals surface area contributed by atoms with Crippen LogP contribution in [0.3, 0.4) is 0 Å². The molecule has 0 saturated carbocycles. The van der Waals surface area contributed by atoms with Crippen LogP contribution in [0.2, 0.25) is 0 Å². The minimum Gasteiger partial charge on any atom is -0.358 e. The summed E-state index contributed by atoms with van der Waals surface area (Å²) in [6, 6.07) is 6.37. The van der Waals surface area contributed by atoms with Crippen LogP contribution in [0.25, 0.3) is 10.9 Å². The average molecular weight is 327 g/mol. The molecule has 1 aromatic carbocycles. The van der Waals surface area contributed by atoms with Crippen LogP contribution in [-0.2, 0) is 0 Å². The first kappa shape index (κ1) is 17.0. The number of aryl methyl sites for hydroxylation is 2. The summed E-state index contributed by atoms with van der Waals surface area (Å²) in [6.45, 7) is 9.79. The maximum Gasteiger partial charge on any atom is 0.253 e. The number of aromatic nitrogens is 1. The predicted molar refractivity (Wildman–Crippen MR) is 99.6 cm³/mol. The maximum absolute atomic E-state index is 12.9. The number of carbonyl (C=O) groups excluding carboxylic acids is 1. The molecule has 1 aromatic heterocycles. The third-order valence-corrected chi connectivity index (χ3v) is 5.52. The van der Waals surface area contributed by atoms with E-state index in [0.717, 1.165) is 42.4 Å². The summed E-state index contributed by atoms with van der Waals surface area (Å²) >= 11 is 0. The smallest absolute Gasteiger partial charge is 0.253 e. The first-order valence-electron chi connectivity index (χ1n) is 9.09. The fourth-order valence-corrected chi connectivity index (χ4v) is 3.81. The second-order valence-corrected chi connectivity index (χ2v) is 7.12. The summed E-state index contributed by atoms with van der Waals surface area (Å²) < 4.78 is 0. The van der Waals surface area contributed by atoms with Gasteiger partial charge in [-0.1, -0.05) is 6.92 Å². The molecule has 4 heteroatoms. The molecule has 0 spiro atoms. The van der Waals surface area contributed by atoms with E-state index in [9.17, 15) is 4.79 Å². The summed E-state index contributed by atoms with van der Waals surface area (Å²) in [5.74, 6) is 0.143. The Bertz CT molecular complexity index is 726. The van der Waals surface area contributed by atoms with Crippen LogP contribution in [0.1, 0.15) is 47.8 Å². The monoisotopic (exact) mass is 327 g/mol. The molecule has 0 radical (unpaired) electrons. The number of piperidine rings is 1. The number of nitrogens with one attached hydrogen (secondary N) is 1. The van der Waals surface area contributed by atoms with Gasteiger partial charge in [0.05, 0.1) is 0 Å². The number of hydrogen-bond acceptors (Lipinski definition) is 2. The zero-order valence-corrected chi connectivity index (χ0v) is 15.4. The lowest BCUT2D eigenvalue weighted by molar-refractivity contribution is 0.0643. The lowest BCUT2D eigenvalue weighted by Gasteiger charge is -2.36. The highest BCUT2D eigenvalue weighted by molar-refractivity contribution is 5.99. The van der Waals surface area contributed by atoms with E-state index in [0.29, 0.717) is 6.04 Å². The summed E-state index contributed by atoms with van der Waals surface area (Å²) in [5, 5.41) is 1.16. The number of likely N-dealkylation sites (tertiary alicyclic amines) is 1. The molecule has 1 saturated heterocycles. The molecule has 0 bridgehead atoms. The van der Waals surface area contributed by atoms with E-state index < -0.39 is 0 Å². The number of aromatic amines is 1. The summed E-state index contributed by atoms with van der Waals surface area (Å²) in [6.07, 6.45) is 3.36. The van der Waals surface area contributed by atoms with Crippen molar-refractivity contribution in [3.63, 3.8) is 0 Å². The Morgan fingerprint density at radius 1 is 1.29 bits per heavy atom. The van der Waals surface area contributed by atoms with E-state index in [1.807, 2.05) is 30.1 Å². The molecule has 2 aromatic rings. The molecule has 24 heavy (non-hydrogen) atoms. The van der Waals surface area contributed by atoms with Crippen LogP contribution in [0.4, 0.5) is 0 Å². The van der Waals surface area contributed by atoms with Gasteiger partial charge in [-0.3, -0.25) is 4.79 Å². The first-order chi connectivity index (χ1) is 11.5. The van der Waals surface area contributed by atoms with Crippen LogP contribution in [0.15, 0.2) is 18.2 Å². The van der Waals surface area contributed by atoms with Crippen molar-refractivity contribution in [1.82, 2.24) is 14.8 Å². The normalized spacial score (nSPS) is 16.7. The minimum atomic E-state index is 0.143. The molecule has 1 fully saturated rings. The Kier molecular flexibility index (Phi) is 4.95. The molecule has 0 atom stereocenters. The number of hydrogen-bond donors (Lipinski definition) is 1. The van der Waals surface area contributed by atoms with E-state index in [1.165, 1.54) is 24.2 Å². The quantitative estimate of drug-likeness (QED) is 0.929. The molecule has 130 valence electrons. The van der Waals surface area contributed by atoms with Crippen molar-refractivity contribution >= 4 is 16.8 Å². The topological polar surface area (TPSA) is 39.3 Å². The van der Waals surface area contributed by atoms with Crippen molar-refractivity contribution in [3.8, 4) is 0 Å². The third-order valence-electron chi connectivity index (χ3n) is 5.52. The van der Waals surface area contributed by atoms with Crippen molar-refractivity contribution in [3.05, 3.63) is 35.0 Å². The van der Waals surface area contributed by atoms with Crippen LogP contribution in [0.5, 0.6) is 0 Å². The van der Waals surface area contributed by atoms with E-state index in [2.05, 4.69) is 30.7 Å². The second kappa shape index (κ2) is 6.98. The van der Waals surface area contributed by atoms with Crippen molar-refractivity contribution in [2.45, 2.75) is 46.1 Å². The molecule has 1 aliphatic heterocycles. The van der Waals surface area contributed by atoms with Crippen molar-refractivity contribution < 1.29 is 4.79 Å². The van der Waals surface area contributed by atoms with Gasteiger partial charge in [0.15, 0.2) is 0 Å². The fraction of sp³-hybridized carbons (Fsp3) is 0.550. The van der Waals surface area contributed by atoms with Gasteiger partial charge >= 0.3 is 0 Å². The van der Waals surface area contributed by atoms with E-state index in [1.54, 1.807) is 0 Å². The zero-order chi connectivity index (χ0) is 17.3. The van der Waals surface area contributed by atoms with Crippen LogP contribution in [0, 0.1) is 13.8 Å². The highest BCUT2D eigenvalue weighted by atomic mass is 16.2. The molecule has 1 N–H and O–H groups in total. The second-order valence-electron chi connectivity index (χ2n) is 7.12. The lowest BCUT2D eigenvalue weighted by Crippen LogP contribution is -2.45. The number of amides is 1. The number of H-pyrrole nitrogens is 1. The van der Waals surface area contributed by atoms with Gasteiger partial charge in [0, 0.05) is 48.3 Å². The molecule has 0 unspecified atom stereocenters. The molecular weight excluding hydrogens is 298 g/mol. The summed E-state index contributed by atoms with van der Waals surface area (Å²) in [7, 11) is 1.96. The molecule has 4 nitrogen and oxygen atoms in total. The van der Waals surface area contributed by atoms with Gasteiger partial charge in [-0.2, -0.15) is 0 Å². The highest BCUT2D eigenvalue weighted by Gasteiger charge is 2.25. The van der Waals surface area contributed by atoms with Crippen LogP contribution in [-0.4, -0.2) is 53.4 Å². The van der Waals surface area contributed by atoms with Crippen LogP contribution >= 0.6 is 0 Å². The Balaban J connectivity index is 1.73. The molecule has 0 aliphatic carbocycles. The minimum absolute atomic E-state index is 0.143. The molecule has 3 rings (SSSR count). The number of carbonyl (C=O) groups is 1. The summed E-state index contributed by atoms with van der Waals surface area (Å²) in [5.41, 5.74) is 4.31. The SMILES string of the molecule is CCCN1CCC(N(C)C(=O)c2ccc3[nH]c(C)c(C)c3c2)CC1. The first-order valence-corrected chi connectivity index (χ1v) is 9.09. The summed E-state index contributed by atoms with van der Waals surface area (Å²) in [4.78, 5) is 20.8. The van der Waals surface area contributed by atoms with Crippen molar-refractivity contribution in [2.75, 3.05) is 26.7 Å². The Morgan fingerprint density at radius 2 is 2.00 bits per heavy atom. The van der Waals surface area contributed by atoms with Gasteiger partial charge in [-0.25, -0.2) is 0 Å². The van der Waals surface area contributed by atoms with Gasteiger partial charge in [-0.15, -0.1) is 0 Å². The Labute approximate surface area is 144 Å². The fourth-order valence-electron chi connectivity index (χ4n) is 3.81. The number of rotatable bonds is 4. The Hall–Kier alpha value is -1.81. The molecule has 1 amide bonds. The molecule has 1 aliphatic rings. The van der Waals surface area contributed by atoms with E-state index >= 15 is 0 Å². The van der Waals surface area contributed by atoms with Gasteiger partial charge in [0.2, 0.25) is 0 Å². The van der Waals surface area contributed by atoms with Gasteiger partial charge in [-0.05, 0) is 63.4 Å². The van der Waals surface area contributed by atoms with Crippen molar-refractivity contribution in [2.24, 2.45) is 0 Å². The lowest BCUT2D eigenvalue weighted by atomic mass is 10.0. The van der Waals surface area contributed by atoms with Crippen molar-refractivity contribution in [1.29, 1.82) is 0 Å². The van der Waals surface area contributed by atoms with E-state index in [-0.39, 0.29) is 5.91 Å². The number of nitrogens with zero attached hydrogens (tertiary/aromatic N) is 2. The van der Waals surface area contributed by atoms with Crippen LogP contribution < -0.4 is 0 Å². The highest BCUT2D eigenvalue weighted by Crippen LogP contribution is 2.24. The largest absolute Gasteiger partial charge is 0.358 e. The number of fused-ring (bicyclic) bond motifs is 1. The third kappa shape index (κ3) is 3.20. The van der Waals surface area contributed by atoms with E-state index in [4.69, 9.17) is 0 Å². The zero-order valence-electron chi connectivity index (χ0n) is 15.4. The standard InChI is InChI=1S/C20H29N3O/c1-5-10-23-11-8-17(9-12-23)22(4)20(24)16-6-7-19-18(13-16)14(2)15(3)21-19/h6-7,13,17,21H,5,8-12H2,1-4H3. The van der Waals surface area contributed by atoms with Gasteiger partial charge in [0.1, 0.15) is 0 Å². The predicted octanol–water partition coefficient (Wildman–Crippen LogP) is 3.73. The molecule has 2 heterocycles. The number of benzene rings is 1.